The maximum absolute atomic E-state index is 13.7. The average molecular weight is 533 g/mol. The van der Waals surface area contributed by atoms with Crippen molar-refractivity contribution in [2.45, 2.75) is 31.7 Å². The molecule has 0 unspecified atom stereocenters. The molecule has 0 radical (unpaired) electrons. The molecular weight excluding hydrogens is 506 g/mol. The average Bonchev–Trinajstić information content (AvgIpc) is 2.88. The van der Waals surface area contributed by atoms with Crippen molar-refractivity contribution in [3.63, 3.8) is 0 Å². The molecular formula is C26H27ClF2N4O4. The summed E-state index contributed by atoms with van der Waals surface area (Å²) in [6, 6.07) is 9.71. The van der Waals surface area contributed by atoms with E-state index in [0.29, 0.717) is 42.1 Å². The van der Waals surface area contributed by atoms with E-state index in [0.717, 1.165) is 0 Å². The Morgan fingerprint density at radius 2 is 2.00 bits per heavy atom. The second kappa shape index (κ2) is 13.5. The third-order valence-corrected chi connectivity index (χ3v) is 6.27. The highest BCUT2D eigenvalue weighted by Crippen LogP contribution is 2.22. The van der Waals surface area contributed by atoms with Crippen molar-refractivity contribution < 1.29 is 27.9 Å². The minimum atomic E-state index is -0.785. The van der Waals surface area contributed by atoms with E-state index in [2.05, 4.69) is 15.6 Å². The van der Waals surface area contributed by atoms with Crippen LogP contribution in [0.5, 0.6) is 0 Å². The van der Waals surface area contributed by atoms with Gasteiger partial charge in [0.2, 0.25) is 12.3 Å². The van der Waals surface area contributed by atoms with Crippen molar-refractivity contribution in [2.24, 2.45) is 0 Å². The van der Waals surface area contributed by atoms with Crippen molar-refractivity contribution in [3.05, 3.63) is 70.9 Å². The van der Waals surface area contributed by atoms with Crippen molar-refractivity contribution in [2.75, 3.05) is 25.5 Å². The predicted octanol–water partition coefficient (Wildman–Crippen LogP) is 4.70. The molecule has 0 aliphatic rings. The van der Waals surface area contributed by atoms with Gasteiger partial charge in [0.15, 0.2) is 0 Å². The number of benzene rings is 2. The van der Waals surface area contributed by atoms with Crippen molar-refractivity contribution in [1.29, 1.82) is 0 Å². The molecule has 0 fully saturated rings. The predicted molar refractivity (Wildman–Crippen MR) is 136 cm³/mol. The van der Waals surface area contributed by atoms with Crippen LogP contribution >= 0.6 is 11.6 Å². The lowest BCUT2D eigenvalue weighted by atomic mass is 10.1. The highest BCUT2D eigenvalue weighted by Gasteiger charge is 2.22. The Morgan fingerprint density at radius 1 is 1.19 bits per heavy atom. The summed E-state index contributed by atoms with van der Waals surface area (Å²) in [7, 11) is 1.59. The van der Waals surface area contributed by atoms with Gasteiger partial charge in [-0.3, -0.25) is 14.9 Å². The number of carbonyl (C=O) groups excluding carboxylic acids is 3. The molecule has 3 rings (SSSR count). The largest absolute Gasteiger partial charge is 0.447 e. The summed E-state index contributed by atoms with van der Waals surface area (Å²) < 4.78 is 32.5. The number of nitrogens with zero attached hydrogens (tertiary/aromatic N) is 2. The monoisotopic (exact) mass is 532 g/mol. The van der Waals surface area contributed by atoms with E-state index in [1.807, 2.05) is 0 Å². The summed E-state index contributed by atoms with van der Waals surface area (Å²) in [5.74, 6) is -1.01. The van der Waals surface area contributed by atoms with Crippen LogP contribution in [0.15, 0.2) is 48.7 Å². The minimum absolute atomic E-state index is 0.0144. The molecule has 8 nitrogen and oxygen atoms in total. The standard InChI is InChI=1S/C26H27ClF2N4O4/c1-33(24(35)10-8-17-4-2-6-22(29)25(17)27)21(5-3-11-30-16-34)15-37-26(36)32-23-13-19-12-20(28)9-7-18(19)14-31-23/h2,4,6-7,9,12-14,16,21H,3,5,8,10-11,15H2,1H3,(H,30,34)(H,31,32,36)/t21-/m0/s1. The molecule has 196 valence electrons. The van der Waals surface area contributed by atoms with E-state index >= 15 is 0 Å². The number of halogens is 3. The van der Waals surface area contributed by atoms with Crippen LogP contribution in [0.2, 0.25) is 5.02 Å². The first-order valence-electron chi connectivity index (χ1n) is 11.6. The van der Waals surface area contributed by atoms with E-state index in [-0.39, 0.29) is 36.2 Å². The zero-order valence-electron chi connectivity index (χ0n) is 20.2. The molecule has 1 aromatic heterocycles. The van der Waals surface area contributed by atoms with Gasteiger partial charge in [-0.05, 0) is 60.5 Å². The summed E-state index contributed by atoms with van der Waals surface area (Å²) in [4.78, 5) is 41.4. The molecule has 0 bridgehead atoms. The Bertz CT molecular complexity index is 1260. The van der Waals surface area contributed by atoms with E-state index in [9.17, 15) is 23.2 Å². The Morgan fingerprint density at radius 3 is 2.78 bits per heavy atom. The SMILES string of the molecule is CN(C(=O)CCc1cccc(F)c1Cl)[C@@H](CCCNC=O)COC(=O)Nc1cc2cc(F)ccc2cn1. The molecule has 0 saturated carbocycles. The summed E-state index contributed by atoms with van der Waals surface area (Å²) in [6.07, 6.45) is 2.61. The number of aryl methyl sites for hydroxylation is 1. The summed E-state index contributed by atoms with van der Waals surface area (Å²) in [5, 5.41) is 6.32. The Hall–Kier alpha value is -3.79. The minimum Gasteiger partial charge on any atom is -0.447 e. The van der Waals surface area contributed by atoms with E-state index in [4.69, 9.17) is 16.3 Å². The van der Waals surface area contributed by atoms with Crippen LogP contribution < -0.4 is 10.6 Å². The molecule has 3 aromatic rings. The number of nitrogens with one attached hydrogen (secondary N) is 2. The molecule has 1 atom stereocenters. The molecule has 2 aromatic carbocycles. The molecule has 1 heterocycles. The number of anilines is 1. The Kier molecular flexibility index (Phi) is 10.1. The van der Waals surface area contributed by atoms with Crippen molar-refractivity contribution in [1.82, 2.24) is 15.2 Å². The molecule has 11 heteroatoms. The summed E-state index contributed by atoms with van der Waals surface area (Å²) in [6.45, 7) is 0.281. The van der Waals surface area contributed by atoms with E-state index in [1.165, 1.54) is 41.4 Å². The van der Waals surface area contributed by atoms with Crippen LogP contribution in [0.25, 0.3) is 10.8 Å². The van der Waals surface area contributed by atoms with Gasteiger partial charge in [0.05, 0.1) is 11.1 Å². The van der Waals surface area contributed by atoms with Crippen LogP contribution in [0.4, 0.5) is 19.4 Å². The van der Waals surface area contributed by atoms with Gasteiger partial charge in [-0.15, -0.1) is 0 Å². The molecule has 0 saturated heterocycles. The Balaban J connectivity index is 1.59. The molecule has 0 spiro atoms. The number of rotatable bonds is 12. The number of fused-ring (bicyclic) bond motifs is 1. The van der Waals surface area contributed by atoms with Crippen LogP contribution in [-0.4, -0.2) is 54.5 Å². The topological polar surface area (TPSA) is 101 Å². The molecule has 0 aliphatic carbocycles. The van der Waals surface area contributed by atoms with Gasteiger partial charge < -0.3 is 15.0 Å². The van der Waals surface area contributed by atoms with Gasteiger partial charge in [-0.2, -0.15) is 0 Å². The van der Waals surface area contributed by atoms with Gasteiger partial charge in [-0.1, -0.05) is 23.7 Å². The first-order valence-corrected chi connectivity index (χ1v) is 12.0. The fourth-order valence-electron chi connectivity index (χ4n) is 3.74. The Labute approximate surface area is 217 Å². The first-order chi connectivity index (χ1) is 17.8. The second-order valence-electron chi connectivity index (χ2n) is 8.37. The molecule has 3 amide bonds. The number of likely N-dealkylation sites (N-methyl/N-ethyl adjacent to an activating group) is 1. The van der Waals surface area contributed by atoms with E-state index in [1.54, 1.807) is 19.2 Å². The zero-order chi connectivity index (χ0) is 26.8. The lowest BCUT2D eigenvalue weighted by Crippen LogP contribution is -2.41. The fraction of sp³-hybridized carbons (Fsp3) is 0.308. The van der Waals surface area contributed by atoms with Gasteiger partial charge >= 0.3 is 6.09 Å². The van der Waals surface area contributed by atoms with Crippen LogP contribution in [0.1, 0.15) is 24.8 Å². The maximum atomic E-state index is 13.7. The van der Waals surface area contributed by atoms with Gasteiger partial charge in [-0.25, -0.2) is 18.6 Å². The molecule has 0 aliphatic heterocycles. The van der Waals surface area contributed by atoms with Gasteiger partial charge in [0, 0.05) is 31.6 Å². The van der Waals surface area contributed by atoms with Crippen LogP contribution in [0.3, 0.4) is 0 Å². The number of aromatic nitrogens is 1. The number of hydrogen-bond donors (Lipinski definition) is 2. The second-order valence-corrected chi connectivity index (χ2v) is 8.75. The lowest BCUT2D eigenvalue weighted by Gasteiger charge is -2.28. The third-order valence-electron chi connectivity index (χ3n) is 5.84. The first kappa shape index (κ1) is 27.8. The van der Waals surface area contributed by atoms with E-state index < -0.39 is 23.8 Å². The van der Waals surface area contributed by atoms with Crippen molar-refractivity contribution >= 4 is 46.6 Å². The third kappa shape index (κ3) is 8.11. The quantitative estimate of drug-likeness (QED) is 0.260. The number of pyridine rings is 1. The molecule has 2 N–H and O–H groups in total. The molecule has 37 heavy (non-hydrogen) atoms. The van der Waals surface area contributed by atoms with Gasteiger partial charge in [0.1, 0.15) is 24.1 Å². The number of hydrogen-bond acceptors (Lipinski definition) is 5. The normalized spacial score (nSPS) is 11.6. The fourth-order valence-corrected chi connectivity index (χ4v) is 3.96. The number of ether oxygens (including phenoxy) is 1. The number of amides is 3. The smallest absolute Gasteiger partial charge is 0.412 e. The summed E-state index contributed by atoms with van der Waals surface area (Å²) in [5.41, 5.74) is 0.522. The highest BCUT2D eigenvalue weighted by atomic mass is 35.5. The maximum Gasteiger partial charge on any atom is 0.412 e. The van der Waals surface area contributed by atoms with Crippen LogP contribution in [-0.2, 0) is 20.7 Å². The highest BCUT2D eigenvalue weighted by molar-refractivity contribution is 6.31. The number of carbonyl (C=O) groups is 3. The zero-order valence-corrected chi connectivity index (χ0v) is 20.9. The lowest BCUT2D eigenvalue weighted by molar-refractivity contribution is -0.133. The summed E-state index contributed by atoms with van der Waals surface area (Å²) >= 11 is 5.98. The van der Waals surface area contributed by atoms with Crippen LogP contribution in [0, 0.1) is 11.6 Å². The van der Waals surface area contributed by atoms with Crippen molar-refractivity contribution in [3.8, 4) is 0 Å². The van der Waals surface area contributed by atoms with Gasteiger partial charge in [0.25, 0.3) is 0 Å².